The number of thiophene rings is 1. The molecule has 154 valence electrons. The number of aromatic nitrogens is 1. The Morgan fingerprint density at radius 3 is 2.48 bits per heavy atom. The summed E-state index contributed by atoms with van der Waals surface area (Å²) in [6.45, 7) is 2.21. The zero-order chi connectivity index (χ0) is 21.4. The van der Waals surface area contributed by atoms with Crippen LogP contribution in [-0.2, 0) is 10.0 Å². The molecule has 1 amide bonds. The minimum Gasteiger partial charge on any atom is -0.494 e. The van der Waals surface area contributed by atoms with Crippen LogP contribution in [-0.4, -0.2) is 37.9 Å². The standard InChI is InChI=1S/C16H11F3N2O5S3/c1-2-26-8-3-4-9-12(7-8)28-15(20-9)29(24,25)21-14(23)11-6-5-10(27-11)13(22)16(17,18)19/h3-7H,2H2,1H3,(H,21,23). The number of halogens is 3. The molecule has 7 nitrogen and oxygen atoms in total. The van der Waals surface area contributed by atoms with Crippen molar-refractivity contribution in [3.8, 4) is 5.75 Å². The van der Waals surface area contributed by atoms with Crippen molar-refractivity contribution in [2.75, 3.05) is 6.61 Å². The molecule has 0 atom stereocenters. The lowest BCUT2D eigenvalue weighted by Gasteiger charge is -2.03. The fourth-order valence-corrected chi connectivity index (χ4v) is 5.34. The van der Waals surface area contributed by atoms with E-state index in [1.165, 1.54) is 0 Å². The normalized spacial score (nSPS) is 12.1. The molecular formula is C16H11F3N2O5S3. The van der Waals surface area contributed by atoms with Crippen molar-refractivity contribution < 1.29 is 35.9 Å². The lowest BCUT2D eigenvalue weighted by atomic mass is 10.3. The number of alkyl halides is 3. The third-order valence-corrected chi connectivity index (χ3v) is 7.23. The molecule has 0 aliphatic carbocycles. The van der Waals surface area contributed by atoms with Crippen LogP contribution in [0.15, 0.2) is 34.7 Å². The lowest BCUT2D eigenvalue weighted by Crippen LogP contribution is -2.29. The first-order chi connectivity index (χ1) is 13.5. The summed E-state index contributed by atoms with van der Waals surface area (Å²) in [6.07, 6.45) is -5.09. The third-order valence-electron chi connectivity index (χ3n) is 3.42. The van der Waals surface area contributed by atoms with Crippen molar-refractivity contribution in [2.24, 2.45) is 0 Å². The molecule has 0 saturated heterocycles. The fraction of sp³-hybridized carbons (Fsp3) is 0.188. The monoisotopic (exact) mass is 464 g/mol. The molecule has 3 rings (SSSR count). The van der Waals surface area contributed by atoms with Crippen molar-refractivity contribution in [1.82, 2.24) is 9.71 Å². The van der Waals surface area contributed by atoms with E-state index in [-0.39, 0.29) is 16.2 Å². The summed E-state index contributed by atoms with van der Waals surface area (Å²) in [4.78, 5) is 26.2. The molecule has 0 spiro atoms. The van der Waals surface area contributed by atoms with Crippen LogP contribution in [0.1, 0.15) is 26.3 Å². The number of nitrogens with one attached hydrogen (secondary N) is 1. The highest BCUT2D eigenvalue weighted by molar-refractivity contribution is 7.92. The molecule has 13 heteroatoms. The van der Waals surface area contributed by atoms with Gasteiger partial charge in [-0.15, -0.1) is 22.7 Å². The molecule has 2 heterocycles. The third kappa shape index (κ3) is 4.57. The Morgan fingerprint density at radius 2 is 1.83 bits per heavy atom. The van der Waals surface area contributed by atoms with Gasteiger partial charge in [0.2, 0.25) is 4.34 Å². The van der Waals surface area contributed by atoms with E-state index in [9.17, 15) is 31.2 Å². The van der Waals surface area contributed by atoms with Crippen molar-refractivity contribution in [2.45, 2.75) is 17.4 Å². The minimum atomic E-state index is -5.09. The molecule has 0 fully saturated rings. The smallest absolute Gasteiger partial charge is 0.455 e. The van der Waals surface area contributed by atoms with Crippen LogP contribution in [0.3, 0.4) is 0 Å². The molecule has 1 N–H and O–H groups in total. The van der Waals surface area contributed by atoms with Gasteiger partial charge in [0.25, 0.3) is 21.7 Å². The zero-order valence-corrected chi connectivity index (χ0v) is 16.9. The summed E-state index contributed by atoms with van der Waals surface area (Å²) in [5.41, 5.74) is 0.375. The SMILES string of the molecule is CCOc1ccc2nc(S(=O)(=O)NC(=O)c3ccc(C(=O)C(F)(F)F)s3)sc2c1. The molecular weight excluding hydrogens is 453 g/mol. The second-order valence-electron chi connectivity index (χ2n) is 5.47. The van der Waals surface area contributed by atoms with Gasteiger partial charge in [0.05, 0.1) is 26.6 Å². The predicted octanol–water partition coefficient (Wildman–Crippen LogP) is 3.62. The zero-order valence-electron chi connectivity index (χ0n) is 14.4. The van der Waals surface area contributed by atoms with Crippen molar-refractivity contribution >= 4 is 54.6 Å². The molecule has 0 aliphatic rings. The van der Waals surface area contributed by atoms with Gasteiger partial charge in [0.1, 0.15) is 5.75 Å². The number of rotatable bonds is 6. The van der Waals surface area contributed by atoms with Crippen molar-refractivity contribution in [3.63, 3.8) is 0 Å². The van der Waals surface area contributed by atoms with E-state index in [0.717, 1.165) is 23.5 Å². The average molecular weight is 464 g/mol. The second-order valence-corrected chi connectivity index (χ2v) is 9.44. The van der Waals surface area contributed by atoms with Gasteiger partial charge < -0.3 is 4.74 Å². The van der Waals surface area contributed by atoms with Gasteiger partial charge in [0.15, 0.2) is 0 Å². The largest absolute Gasteiger partial charge is 0.494 e. The van der Waals surface area contributed by atoms with Gasteiger partial charge in [-0.05, 0) is 37.3 Å². The van der Waals surface area contributed by atoms with Crippen LogP contribution >= 0.6 is 22.7 Å². The number of Topliss-reactive ketones (excluding diaryl/α,β-unsaturated/α-hetero) is 1. The van der Waals surface area contributed by atoms with E-state index < -0.39 is 37.1 Å². The fourth-order valence-electron chi connectivity index (χ4n) is 2.19. The maximum absolute atomic E-state index is 12.5. The van der Waals surface area contributed by atoms with Crippen molar-refractivity contribution in [1.29, 1.82) is 0 Å². The summed E-state index contributed by atoms with van der Waals surface area (Å²) in [5.74, 6) is -2.75. The van der Waals surface area contributed by atoms with E-state index in [1.54, 1.807) is 29.8 Å². The van der Waals surface area contributed by atoms with Gasteiger partial charge in [0, 0.05) is 0 Å². The van der Waals surface area contributed by atoms with E-state index >= 15 is 0 Å². The Morgan fingerprint density at radius 1 is 1.14 bits per heavy atom. The number of hydrogen-bond acceptors (Lipinski definition) is 8. The summed E-state index contributed by atoms with van der Waals surface area (Å²) < 4.78 is 69.5. The van der Waals surface area contributed by atoms with E-state index in [2.05, 4.69) is 4.98 Å². The number of sulfonamides is 1. The Kier molecular flexibility index (Phi) is 5.65. The highest BCUT2D eigenvalue weighted by atomic mass is 32.2. The minimum absolute atomic E-state index is 0.245. The number of amides is 1. The van der Waals surface area contributed by atoms with E-state index in [4.69, 9.17) is 4.74 Å². The van der Waals surface area contributed by atoms with Crippen LogP contribution in [0.25, 0.3) is 10.2 Å². The Bertz CT molecular complexity index is 1200. The van der Waals surface area contributed by atoms with E-state index in [1.807, 2.05) is 0 Å². The summed E-state index contributed by atoms with van der Waals surface area (Å²) in [6, 6.07) is 6.54. The van der Waals surface area contributed by atoms with Gasteiger partial charge in [-0.25, -0.2) is 9.71 Å². The Balaban J connectivity index is 1.82. The highest BCUT2D eigenvalue weighted by Crippen LogP contribution is 2.30. The van der Waals surface area contributed by atoms with Crippen LogP contribution in [0.4, 0.5) is 13.2 Å². The van der Waals surface area contributed by atoms with Gasteiger partial charge in [-0.2, -0.15) is 21.6 Å². The van der Waals surface area contributed by atoms with Crippen LogP contribution in [0, 0.1) is 0 Å². The molecule has 0 saturated carbocycles. The summed E-state index contributed by atoms with van der Waals surface area (Å²) in [7, 11) is -4.37. The molecule has 0 bridgehead atoms. The average Bonchev–Trinajstić information content (AvgIpc) is 3.27. The number of thiazole rings is 1. The van der Waals surface area contributed by atoms with Gasteiger partial charge in [-0.1, -0.05) is 0 Å². The van der Waals surface area contributed by atoms with Crippen LogP contribution in [0.2, 0.25) is 0 Å². The van der Waals surface area contributed by atoms with E-state index in [0.29, 0.717) is 22.6 Å². The summed E-state index contributed by atoms with van der Waals surface area (Å²) in [5, 5.41) is 0. The molecule has 29 heavy (non-hydrogen) atoms. The van der Waals surface area contributed by atoms with Crippen LogP contribution < -0.4 is 9.46 Å². The first-order valence-electron chi connectivity index (χ1n) is 7.83. The maximum atomic E-state index is 12.5. The first kappa shape index (κ1) is 21.2. The first-order valence-corrected chi connectivity index (χ1v) is 10.9. The number of carbonyl (C=O) groups is 2. The quantitative estimate of drug-likeness (QED) is 0.559. The second kappa shape index (κ2) is 7.72. The number of ether oxygens (including phenoxy) is 1. The lowest BCUT2D eigenvalue weighted by molar-refractivity contribution is -0.0882. The highest BCUT2D eigenvalue weighted by Gasteiger charge is 2.40. The number of nitrogens with zero attached hydrogens (tertiary/aromatic N) is 1. The number of fused-ring (bicyclic) bond motifs is 1. The molecule has 0 aliphatic heterocycles. The topological polar surface area (TPSA) is 102 Å². The number of benzene rings is 1. The number of ketones is 1. The summed E-state index contributed by atoms with van der Waals surface area (Å²) >= 11 is 1.05. The molecule has 0 radical (unpaired) electrons. The molecule has 2 aromatic heterocycles. The number of hydrogen-bond donors (Lipinski definition) is 1. The maximum Gasteiger partial charge on any atom is 0.455 e. The van der Waals surface area contributed by atoms with Crippen molar-refractivity contribution in [3.05, 3.63) is 40.1 Å². The van der Waals surface area contributed by atoms with Gasteiger partial charge >= 0.3 is 6.18 Å². The predicted molar refractivity (Wildman–Crippen MR) is 100 cm³/mol. The van der Waals surface area contributed by atoms with Gasteiger partial charge in [-0.3, -0.25) is 9.59 Å². The Hall–Kier alpha value is -2.51. The van der Waals surface area contributed by atoms with Crippen LogP contribution in [0.5, 0.6) is 5.75 Å². The molecule has 0 unspecified atom stereocenters. The molecule has 3 aromatic rings. The molecule has 1 aromatic carbocycles. The Labute approximate surface area is 170 Å². The number of carbonyl (C=O) groups excluding carboxylic acids is 2.